The first kappa shape index (κ1) is 17.4. The molecular formula is C14H26N4O3S. The Balaban J connectivity index is 1.74. The molecule has 2 rings (SSSR count). The van der Waals surface area contributed by atoms with Gasteiger partial charge in [0.05, 0.1) is 19.5 Å². The van der Waals surface area contributed by atoms with Gasteiger partial charge in [-0.3, -0.25) is 4.90 Å². The molecule has 0 saturated carbocycles. The van der Waals surface area contributed by atoms with Crippen molar-refractivity contribution in [2.24, 2.45) is 0 Å². The van der Waals surface area contributed by atoms with Crippen LogP contribution in [-0.4, -0.2) is 62.3 Å². The van der Waals surface area contributed by atoms with E-state index in [0.717, 1.165) is 58.7 Å². The lowest BCUT2D eigenvalue weighted by atomic mass is 10.3. The van der Waals surface area contributed by atoms with Gasteiger partial charge < -0.3 is 9.30 Å². The van der Waals surface area contributed by atoms with Gasteiger partial charge in [0.1, 0.15) is 0 Å². The summed E-state index contributed by atoms with van der Waals surface area (Å²) >= 11 is 0. The summed E-state index contributed by atoms with van der Waals surface area (Å²) in [5.41, 5.74) is 0. The molecule has 1 aromatic rings. The number of imidazole rings is 1. The molecule has 1 saturated heterocycles. The summed E-state index contributed by atoms with van der Waals surface area (Å²) < 4.78 is 34.0. The van der Waals surface area contributed by atoms with E-state index in [1.165, 1.54) is 0 Å². The van der Waals surface area contributed by atoms with Crippen molar-refractivity contribution in [3.8, 4) is 0 Å². The molecule has 0 aliphatic carbocycles. The van der Waals surface area contributed by atoms with Crippen molar-refractivity contribution in [1.82, 2.24) is 19.2 Å². The normalized spacial score (nSPS) is 17.0. The maximum absolute atomic E-state index is 12.1. The van der Waals surface area contributed by atoms with Gasteiger partial charge in [-0.1, -0.05) is 13.3 Å². The molecule has 0 radical (unpaired) electrons. The topological polar surface area (TPSA) is 76.5 Å². The van der Waals surface area contributed by atoms with Crippen LogP contribution in [0.5, 0.6) is 0 Å². The van der Waals surface area contributed by atoms with Crippen molar-refractivity contribution in [2.75, 3.05) is 39.4 Å². The number of sulfonamides is 1. The Morgan fingerprint density at radius 2 is 2.05 bits per heavy atom. The molecule has 0 amide bonds. The molecule has 1 fully saturated rings. The SMILES string of the molecule is CCCCn1cnc(S(=O)(=O)NCCCN2CCOCC2)c1. The molecule has 22 heavy (non-hydrogen) atoms. The minimum absolute atomic E-state index is 0.106. The summed E-state index contributed by atoms with van der Waals surface area (Å²) in [4.78, 5) is 6.28. The molecule has 0 unspecified atom stereocenters. The van der Waals surface area contributed by atoms with E-state index in [9.17, 15) is 8.42 Å². The minimum Gasteiger partial charge on any atom is -0.379 e. The van der Waals surface area contributed by atoms with Gasteiger partial charge in [-0.25, -0.2) is 18.1 Å². The van der Waals surface area contributed by atoms with Crippen LogP contribution in [0.15, 0.2) is 17.6 Å². The fourth-order valence-electron chi connectivity index (χ4n) is 2.35. The summed E-state index contributed by atoms with van der Waals surface area (Å²) in [5.74, 6) is 0. The van der Waals surface area contributed by atoms with E-state index in [2.05, 4.69) is 21.5 Å². The summed E-state index contributed by atoms with van der Waals surface area (Å²) in [5, 5.41) is 0.106. The molecule has 0 aromatic carbocycles. The fourth-order valence-corrected chi connectivity index (χ4v) is 3.37. The molecule has 2 heterocycles. The molecule has 1 aliphatic heterocycles. The van der Waals surface area contributed by atoms with Gasteiger partial charge in [0.15, 0.2) is 5.03 Å². The van der Waals surface area contributed by atoms with E-state index in [1.807, 2.05) is 4.57 Å². The molecule has 7 nitrogen and oxygen atoms in total. The highest BCUT2D eigenvalue weighted by atomic mass is 32.2. The van der Waals surface area contributed by atoms with Crippen LogP contribution in [0, 0.1) is 0 Å². The number of aromatic nitrogens is 2. The van der Waals surface area contributed by atoms with Crippen LogP contribution in [0.25, 0.3) is 0 Å². The summed E-state index contributed by atoms with van der Waals surface area (Å²) in [6, 6.07) is 0. The monoisotopic (exact) mass is 330 g/mol. The Bertz CT molecular complexity index is 538. The average Bonchev–Trinajstić information content (AvgIpc) is 3.00. The predicted molar refractivity (Wildman–Crippen MR) is 84.2 cm³/mol. The number of hydrogen-bond donors (Lipinski definition) is 1. The van der Waals surface area contributed by atoms with E-state index < -0.39 is 10.0 Å². The smallest absolute Gasteiger partial charge is 0.259 e. The van der Waals surface area contributed by atoms with Gasteiger partial charge in [-0.15, -0.1) is 0 Å². The van der Waals surface area contributed by atoms with E-state index in [-0.39, 0.29) is 5.03 Å². The Kier molecular flexibility index (Phi) is 6.81. The highest BCUT2D eigenvalue weighted by Crippen LogP contribution is 2.06. The summed E-state index contributed by atoms with van der Waals surface area (Å²) in [6.07, 6.45) is 6.05. The lowest BCUT2D eigenvalue weighted by Crippen LogP contribution is -2.38. The van der Waals surface area contributed by atoms with Crippen molar-refractivity contribution in [3.05, 3.63) is 12.5 Å². The van der Waals surface area contributed by atoms with Crippen LogP contribution in [0.2, 0.25) is 0 Å². The largest absolute Gasteiger partial charge is 0.379 e. The Morgan fingerprint density at radius 1 is 1.27 bits per heavy atom. The molecule has 0 atom stereocenters. The first-order chi connectivity index (χ1) is 10.6. The zero-order valence-corrected chi connectivity index (χ0v) is 14.0. The molecule has 8 heteroatoms. The first-order valence-electron chi connectivity index (χ1n) is 7.93. The highest BCUT2D eigenvalue weighted by molar-refractivity contribution is 7.89. The number of nitrogens with one attached hydrogen (secondary N) is 1. The van der Waals surface area contributed by atoms with E-state index in [1.54, 1.807) is 12.5 Å². The maximum atomic E-state index is 12.1. The fraction of sp³-hybridized carbons (Fsp3) is 0.786. The number of morpholine rings is 1. The van der Waals surface area contributed by atoms with Gasteiger partial charge in [0.25, 0.3) is 10.0 Å². The van der Waals surface area contributed by atoms with E-state index in [0.29, 0.717) is 6.54 Å². The lowest BCUT2D eigenvalue weighted by Gasteiger charge is -2.26. The number of nitrogens with zero attached hydrogens (tertiary/aromatic N) is 3. The quantitative estimate of drug-likeness (QED) is 0.674. The zero-order valence-electron chi connectivity index (χ0n) is 13.2. The third-order valence-corrected chi connectivity index (χ3v) is 5.05. The van der Waals surface area contributed by atoms with E-state index >= 15 is 0 Å². The molecular weight excluding hydrogens is 304 g/mol. The number of unbranched alkanes of at least 4 members (excludes halogenated alkanes) is 1. The van der Waals surface area contributed by atoms with Crippen LogP contribution in [0.3, 0.4) is 0 Å². The van der Waals surface area contributed by atoms with Crippen molar-refractivity contribution < 1.29 is 13.2 Å². The van der Waals surface area contributed by atoms with Crippen LogP contribution in [-0.2, 0) is 21.3 Å². The van der Waals surface area contributed by atoms with Crippen LogP contribution >= 0.6 is 0 Å². The van der Waals surface area contributed by atoms with Crippen molar-refractivity contribution in [3.63, 3.8) is 0 Å². The third kappa shape index (κ3) is 5.35. The number of aryl methyl sites for hydroxylation is 1. The molecule has 0 bridgehead atoms. The Morgan fingerprint density at radius 3 is 2.77 bits per heavy atom. The molecule has 126 valence electrons. The second-order valence-electron chi connectivity index (χ2n) is 5.51. The van der Waals surface area contributed by atoms with Gasteiger partial charge in [0, 0.05) is 32.4 Å². The van der Waals surface area contributed by atoms with Crippen LogP contribution in [0.4, 0.5) is 0 Å². The first-order valence-corrected chi connectivity index (χ1v) is 9.41. The Hall–Kier alpha value is -0.960. The average molecular weight is 330 g/mol. The van der Waals surface area contributed by atoms with Crippen LogP contribution in [0.1, 0.15) is 26.2 Å². The summed E-state index contributed by atoms with van der Waals surface area (Å²) in [6.45, 7) is 7.60. The van der Waals surface area contributed by atoms with Crippen molar-refractivity contribution in [1.29, 1.82) is 0 Å². The highest BCUT2D eigenvalue weighted by Gasteiger charge is 2.17. The van der Waals surface area contributed by atoms with Gasteiger partial charge in [-0.05, 0) is 19.4 Å². The second kappa shape index (κ2) is 8.61. The van der Waals surface area contributed by atoms with Gasteiger partial charge in [0.2, 0.25) is 0 Å². The third-order valence-electron chi connectivity index (χ3n) is 3.70. The maximum Gasteiger partial charge on any atom is 0.259 e. The molecule has 0 spiro atoms. The van der Waals surface area contributed by atoms with Crippen molar-refractivity contribution in [2.45, 2.75) is 37.8 Å². The minimum atomic E-state index is -3.49. The van der Waals surface area contributed by atoms with Crippen molar-refractivity contribution >= 4 is 10.0 Å². The molecule has 1 N–H and O–H groups in total. The standard InChI is InChI=1S/C14H26N4O3S/c1-2-3-6-18-12-14(15-13-18)22(19,20)16-5-4-7-17-8-10-21-11-9-17/h12-13,16H,2-11H2,1H3. The van der Waals surface area contributed by atoms with Gasteiger partial charge in [-0.2, -0.15) is 0 Å². The number of hydrogen-bond acceptors (Lipinski definition) is 5. The number of ether oxygens (including phenoxy) is 1. The molecule has 1 aliphatic rings. The second-order valence-corrected chi connectivity index (χ2v) is 7.22. The molecule has 1 aromatic heterocycles. The van der Waals surface area contributed by atoms with Crippen LogP contribution < -0.4 is 4.72 Å². The van der Waals surface area contributed by atoms with E-state index in [4.69, 9.17) is 4.74 Å². The summed E-state index contributed by atoms with van der Waals surface area (Å²) in [7, 11) is -3.49. The zero-order chi connectivity index (χ0) is 15.8. The Labute approximate surface area is 132 Å². The predicted octanol–water partition coefficient (Wildman–Crippen LogP) is 0.684. The van der Waals surface area contributed by atoms with Gasteiger partial charge >= 0.3 is 0 Å². The number of rotatable bonds is 9. The lowest BCUT2D eigenvalue weighted by molar-refractivity contribution is 0.0376.